The maximum absolute atomic E-state index is 11.3. The third kappa shape index (κ3) is 4.54. The van der Waals surface area contributed by atoms with Gasteiger partial charge in [0.05, 0.1) is 21.3 Å². The molecule has 0 bridgehead atoms. The van der Waals surface area contributed by atoms with E-state index in [4.69, 9.17) is 9.47 Å². The Morgan fingerprint density at radius 2 is 2.04 bits per heavy atom. The molecule has 0 spiro atoms. The second kappa shape index (κ2) is 9.42. The van der Waals surface area contributed by atoms with Crippen molar-refractivity contribution in [2.75, 3.05) is 27.9 Å². The zero-order valence-corrected chi connectivity index (χ0v) is 16.7. The van der Waals surface area contributed by atoms with Crippen LogP contribution in [0.1, 0.15) is 34.7 Å². The molecule has 0 fully saturated rings. The van der Waals surface area contributed by atoms with Crippen LogP contribution in [0.2, 0.25) is 0 Å². The fraction of sp³-hybridized carbons (Fsp3) is 0.348. The monoisotopic (exact) mass is 381 g/mol. The molecule has 1 N–H and O–H groups in total. The van der Waals surface area contributed by atoms with Gasteiger partial charge in [0, 0.05) is 12.1 Å². The number of ether oxygens (including phenoxy) is 3. The van der Waals surface area contributed by atoms with Gasteiger partial charge < -0.3 is 19.5 Å². The zero-order valence-electron chi connectivity index (χ0n) is 16.7. The predicted octanol–water partition coefficient (Wildman–Crippen LogP) is 3.71. The van der Waals surface area contributed by atoms with Crippen LogP contribution < -0.4 is 14.8 Å². The number of rotatable bonds is 8. The van der Waals surface area contributed by atoms with Crippen molar-refractivity contribution in [3.8, 4) is 11.5 Å². The first-order valence-electron chi connectivity index (χ1n) is 9.48. The first-order chi connectivity index (χ1) is 13.7. The highest BCUT2D eigenvalue weighted by atomic mass is 16.5. The largest absolute Gasteiger partial charge is 0.493 e. The first-order valence-corrected chi connectivity index (χ1v) is 9.48. The lowest BCUT2D eigenvalue weighted by Gasteiger charge is -2.16. The molecule has 1 unspecified atom stereocenters. The SMILES string of the molecule is COC(=O)C=Cc1ccc2c(c1)CCC2NCCc1cccc(OC)c1OC. The van der Waals surface area contributed by atoms with E-state index in [1.165, 1.54) is 24.3 Å². The summed E-state index contributed by atoms with van der Waals surface area (Å²) in [6, 6.07) is 12.7. The molecule has 2 aromatic rings. The van der Waals surface area contributed by atoms with Gasteiger partial charge in [-0.3, -0.25) is 0 Å². The highest BCUT2D eigenvalue weighted by Gasteiger charge is 2.22. The maximum atomic E-state index is 11.3. The summed E-state index contributed by atoms with van der Waals surface area (Å²) in [7, 11) is 4.71. The fourth-order valence-corrected chi connectivity index (χ4v) is 3.72. The molecular weight excluding hydrogens is 354 g/mol. The third-order valence-corrected chi connectivity index (χ3v) is 5.13. The quantitative estimate of drug-likeness (QED) is 0.558. The van der Waals surface area contributed by atoms with Gasteiger partial charge in [-0.1, -0.05) is 30.3 Å². The van der Waals surface area contributed by atoms with Crippen LogP contribution in [0.4, 0.5) is 0 Å². The Labute approximate surface area is 166 Å². The van der Waals surface area contributed by atoms with Crippen LogP contribution >= 0.6 is 0 Å². The molecule has 5 heteroatoms. The summed E-state index contributed by atoms with van der Waals surface area (Å²) in [5.41, 5.74) is 4.83. The van der Waals surface area contributed by atoms with E-state index in [9.17, 15) is 4.79 Å². The molecule has 0 amide bonds. The molecule has 3 rings (SSSR count). The van der Waals surface area contributed by atoms with Gasteiger partial charge in [0.25, 0.3) is 0 Å². The van der Waals surface area contributed by atoms with E-state index in [0.29, 0.717) is 6.04 Å². The van der Waals surface area contributed by atoms with Crippen LogP contribution in [-0.2, 0) is 22.4 Å². The highest BCUT2D eigenvalue weighted by Crippen LogP contribution is 2.33. The average molecular weight is 381 g/mol. The van der Waals surface area contributed by atoms with E-state index in [0.717, 1.165) is 48.4 Å². The van der Waals surface area contributed by atoms with Crippen molar-refractivity contribution >= 4 is 12.0 Å². The number of fused-ring (bicyclic) bond motifs is 1. The van der Waals surface area contributed by atoms with E-state index in [-0.39, 0.29) is 5.97 Å². The minimum atomic E-state index is -0.340. The van der Waals surface area contributed by atoms with Gasteiger partial charge >= 0.3 is 5.97 Å². The molecule has 148 valence electrons. The van der Waals surface area contributed by atoms with E-state index in [1.54, 1.807) is 20.3 Å². The Kier molecular flexibility index (Phi) is 6.71. The normalized spacial score (nSPS) is 15.5. The van der Waals surface area contributed by atoms with E-state index < -0.39 is 0 Å². The van der Waals surface area contributed by atoms with Crippen LogP contribution in [0.3, 0.4) is 0 Å². The number of esters is 1. The van der Waals surface area contributed by atoms with Crippen molar-refractivity contribution in [2.45, 2.75) is 25.3 Å². The minimum absolute atomic E-state index is 0.340. The van der Waals surface area contributed by atoms with Crippen molar-refractivity contribution in [3.63, 3.8) is 0 Å². The standard InChI is InChI=1S/C23H27NO4/c1-26-21-6-4-5-17(23(21)28-3)13-14-24-20-11-9-18-15-16(7-10-19(18)20)8-12-22(25)27-2/h4-8,10,12,15,20,24H,9,11,13-14H2,1-3H3. The Hall–Kier alpha value is -2.79. The number of carbonyl (C=O) groups is 1. The minimum Gasteiger partial charge on any atom is -0.493 e. The van der Waals surface area contributed by atoms with Gasteiger partial charge in [0.2, 0.25) is 0 Å². The van der Waals surface area contributed by atoms with Crippen molar-refractivity contribution in [1.82, 2.24) is 5.32 Å². The van der Waals surface area contributed by atoms with Gasteiger partial charge in [-0.2, -0.15) is 0 Å². The lowest BCUT2D eigenvalue weighted by molar-refractivity contribution is -0.134. The Bertz CT molecular complexity index is 860. The van der Waals surface area contributed by atoms with Crippen molar-refractivity contribution in [1.29, 1.82) is 0 Å². The smallest absolute Gasteiger partial charge is 0.330 e. The summed E-state index contributed by atoms with van der Waals surface area (Å²) in [4.78, 5) is 11.3. The molecular formula is C23H27NO4. The highest BCUT2D eigenvalue weighted by molar-refractivity contribution is 5.86. The molecule has 0 saturated heterocycles. The molecule has 0 aliphatic heterocycles. The second-order valence-corrected chi connectivity index (χ2v) is 6.76. The number of methoxy groups -OCH3 is 3. The van der Waals surface area contributed by atoms with E-state index in [1.807, 2.05) is 18.2 Å². The first kappa shape index (κ1) is 20.0. The molecule has 0 heterocycles. The second-order valence-electron chi connectivity index (χ2n) is 6.76. The van der Waals surface area contributed by atoms with E-state index in [2.05, 4.69) is 28.3 Å². The van der Waals surface area contributed by atoms with Gasteiger partial charge in [-0.15, -0.1) is 0 Å². The van der Waals surface area contributed by atoms with Gasteiger partial charge in [-0.05, 0) is 60.2 Å². The average Bonchev–Trinajstić information content (AvgIpc) is 3.13. The predicted molar refractivity (Wildman–Crippen MR) is 110 cm³/mol. The summed E-state index contributed by atoms with van der Waals surface area (Å²) >= 11 is 0. The molecule has 1 atom stereocenters. The van der Waals surface area contributed by atoms with Crippen LogP contribution in [0.25, 0.3) is 6.08 Å². The number of nitrogens with one attached hydrogen (secondary N) is 1. The molecule has 1 aliphatic carbocycles. The molecule has 0 radical (unpaired) electrons. The summed E-state index contributed by atoms with van der Waals surface area (Å²) in [6.07, 6.45) is 6.23. The third-order valence-electron chi connectivity index (χ3n) is 5.13. The Morgan fingerprint density at radius 3 is 2.79 bits per heavy atom. The maximum Gasteiger partial charge on any atom is 0.330 e. The van der Waals surface area contributed by atoms with Crippen LogP contribution in [0, 0.1) is 0 Å². The van der Waals surface area contributed by atoms with Crippen LogP contribution in [-0.4, -0.2) is 33.8 Å². The fourth-order valence-electron chi connectivity index (χ4n) is 3.72. The zero-order chi connectivity index (χ0) is 19.9. The lowest BCUT2D eigenvalue weighted by Crippen LogP contribution is -2.22. The van der Waals surface area contributed by atoms with Crippen molar-refractivity contribution < 1.29 is 19.0 Å². The Morgan fingerprint density at radius 1 is 1.18 bits per heavy atom. The summed E-state index contributed by atoms with van der Waals surface area (Å²) in [6.45, 7) is 0.859. The van der Waals surface area contributed by atoms with E-state index >= 15 is 0 Å². The van der Waals surface area contributed by atoms with Crippen LogP contribution in [0.15, 0.2) is 42.5 Å². The number of carbonyl (C=O) groups excluding carboxylic acids is 1. The van der Waals surface area contributed by atoms with Crippen molar-refractivity contribution in [2.24, 2.45) is 0 Å². The topological polar surface area (TPSA) is 56.8 Å². The molecule has 5 nitrogen and oxygen atoms in total. The van der Waals surface area contributed by atoms with Crippen molar-refractivity contribution in [3.05, 3.63) is 64.7 Å². The summed E-state index contributed by atoms with van der Waals surface area (Å²) < 4.78 is 15.5. The van der Waals surface area contributed by atoms with Gasteiger partial charge in [-0.25, -0.2) is 4.79 Å². The molecule has 0 saturated carbocycles. The number of para-hydroxylation sites is 1. The molecule has 28 heavy (non-hydrogen) atoms. The number of benzene rings is 2. The summed E-state index contributed by atoms with van der Waals surface area (Å²) in [5.74, 6) is 1.23. The molecule has 2 aromatic carbocycles. The van der Waals surface area contributed by atoms with Gasteiger partial charge in [0.1, 0.15) is 0 Å². The van der Waals surface area contributed by atoms with Crippen LogP contribution in [0.5, 0.6) is 11.5 Å². The van der Waals surface area contributed by atoms with Gasteiger partial charge in [0.15, 0.2) is 11.5 Å². The molecule has 1 aliphatic rings. The lowest BCUT2D eigenvalue weighted by atomic mass is 10.0. The number of hydrogen-bond donors (Lipinski definition) is 1. The number of aryl methyl sites for hydroxylation is 1. The Balaban J connectivity index is 1.61. The summed E-state index contributed by atoms with van der Waals surface area (Å²) in [5, 5.41) is 3.67. The number of hydrogen-bond acceptors (Lipinski definition) is 5. The molecule has 0 aromatic heterocycles.